The molecule has 5 nitrogen and oxygen atoms in total. The zero-order valence-electron chi connectivity index (χ0n) is 29.2. The van der Waals surface area contributed by atoms with Crippen molar-refractivity contribution in [2.45, 2.75) is 52.6 Å². The van der Waals surface area contributed by atoms with Crippen LogP contribution in [-0.4, -0.2) is 42.0 Å². The number of fused-ring (bicyclic) bond motifs is 4. The molecule has 5 aromatic rings. The Morgan fingerprint density at radius 1 is 0.939 bits per heavy atom. The number of aryl methyl sites for hydroxylation is 4. The average molecular weight is 668 g/mol. The largest absolute Gasteiger partial charge is 0.497 e. The first-order chi connectivity index (χ1) is 23.8. The number of carbonyl (C=O) groups is 1. The second-order valence-corrected chi connectivity index (χ2v) is 15.9. The lowest BCUT2D eigenvalue weighted by Crippen LogP contribution is -2.57. The van der Waals surface area contributed by atoms with Gasteiger partial charge in [0.05, 0.1) is 18.7 Å². The molecule has 0 saturated carbocycles. The van der Waals surface area contributed by atoms with Crippen molar-refractivity contribution in [3.05, 3.63) is 137 Å². The zero-order chi connectivity index (χ0) is 34.2. The molecule has 1 aromatic heterocycles. The molecule has 0 radical (unpaired) electrons. The van der Waals surface area contributed by atoms with Crippen LogP contribution in [0, 0.1) is 39.5 Å². The Kier molecular flexibility index (Phi) is 9.42. The molecule has 4 heterocycles. The Morgan fingerprint density at radius 3 is 2.22 bits per heavy atom. The highest BCUT2D eigenvalue weighted by Gasteiger charge is 2.43. The van der Waals surface area contributed by atoms with Crippen molar-refractivity contribution in [2.24, 2.45) is 11.8 Å². The Balaban J connectivity index is 1.37. The summed E-state index contributed by atoms with van der Waals surface area (Å²) in [5.74, 6) is 1.78. The summed E-state index contributed by atoms with van der Waals surface area (Å²) in [6.07, 6.45) is 6.18. The van der Waals surface area contributed by atoms with Gasteiger partial charge in [-0.3, -0.25) is 14.7 Å². The van der Waals surface area contributed by atoms with E-state index in [-0.39, 0.29) is 18.0 Å². The van der Waals surface area contributed by atoms with E-state index in [1.807, 2.05) is 30.5 Å². The number of rotatable bonds is 9. The summed E-state index contributed by atoms with van der Waals surface area (Å²) < 4.78 is 5.66. The number of carbonyl (C=O) groups excluding carboxylic acids is 1. The topological polar surface area (TPSA) is 54.5 Å². The first-order valence-electron chi connectivity index (χ1n) is 17.4. The number of nitrogens with zero attached hydrogens (tertiary/aromatic N) is 2. The van der Waals surface area contributed by atoms with Crippen molar-refractivity contribution >= 4 is 40.6 Å². The Hall–Kier alpha value is -4.31. The van der Waals surface area contributed by atoms with Crippen molar-refractivity contribution in [3.63, 3.8) is 0 Å². The van der Waals surface area contributed by atoms with Crippen molar-refractivity contribution in [1.29, 1.82) is 0 Å². The standard InChI is InChI=1S/C43H46N3O2P/c1-7-31-26-46-23-21-32(31)24-38(46)40(34-20-22-44-37-19-18-33(48-6)25-36(34)37)45-43(47)35-16-8-9-17-39(35)49(41-27(2)12-10-13-28(41)3)42-29(4)14-11-15-30(42)5/h7-20,22,25,31-32,38,40H,1,21,23-24,26H2,2-6H3,(H,45,47)/t31-,32-,38-,40-/m0/s1. The van der Waals surface area contributed by atoms with Crippen molar-refractivity contribution in [3.8, 4) is 5.75 Å². The molecule has 3 aliphatic heterocycles. The third-order valence-electron chi connectivity index (χ3n) is 10.9. The van der Waals surface area contributed by atoms with Gasteiger partial charge in [0.25, 0.3) is 5.91 Å². The molecular formula is C43H46N3O2P. The number of piperidine rings is 3. The Morgan fingerprint density at radius 2 is 1.61 bits per heavy atom. The van der Waals surface area contributed by atoms with Crippen LogP contribution in [0.15, 0.2) is 104 Å². The Labute approximate surface area is 292 Å². The molecule has 3 fully saturated rings. The molecule has 8 rings (SSSR count). The molecule has 6 heteroatoms. The minimum Gasteiger partial charge on any atom is -0.497 e. The number of amides is 1. The second kappa shape index (κ2) is 13.9. The highest BCUT2D eigenvalue weighted by molar-refractivity contribution is 7.80. The monoisotopic (exact) mass is 667 g/mol. The highest BCUT2D eigenvalue weighted by atomic mass is 31.1. The summed E-state index contributed by atoms with van der Waals surface area (Å²) >= 11 is 0. The minimum absolute atomic E-state index is 0.0404. The molecule has 250 valence electrons. The number of pyridine rings is 1. The lowest BCUT2D eigenvalue weighted by Gasteiger charge is -2.51. The van der Waals surface area contributed by atoms with Gasteiger partial charge in [-0.1, -0.05) is 60.7 Å². The van der Waals surface area contributed by atoms with E-state index in [1.54, 1.807) is 7.11 Å². The molecule has 1 unspecified atom stereocenters. The molecular weight excluding hydrogens is 621 g/mol. The third kappa shape index (κ3) is 6.20. The second-order valence-electron chi connectivity index (χ2n) is 13.8. The van der Waals surface area contributed by atoms with Gasteiger partial charge in [-0.05, 0) is 141 Å². The van der Waals surface area contributed by atoms with Gasteiger partial charge >= 0.3 is 0 Å². The van der Waals surface area contributed by atoms with Crippen LogP contribution in [0.3, 0.4) is 0 Å². The third-order valence-corrected chi connectivity index (χ3v) is 14.0. The molecule has 4 aromatic carbocycles. The van der Waals surface area contributed by atoms with Gasteiger partial charge in [-0.2, -0.15) is 0 Å². The fourth-order valence-electron chi connectivity index (χ4n) is 8.40. The predicted molar refractivity (Wildman–Crippen MR) is 204 cm³/mol. The molecule has 2 bridgehead atoms. The van der Waals surface area contributed by atoms with Crippen LogP contribution in [0.25, 0.3) is 10.9 Å². The van der Waals surface area contributed by atoms with E-state index in [1.165, 1.54) is 32.9 Å². The summed E-state index contributed by atoms with van der Waals surface area (Å²) in [4.78, 5) is 22.3. The summed E-state index contributed by atoms with van der Waals surface area (Å²) in [6.45, 7) is 15.0. The average Bonchev–Trinajstić information content (AvgIpc) is 3.12. The molecule has 5 atom stereocenters. The van der Waals surface area contributed by atoms with E-state index in [0.29, 0.717) is 11.8 Å². The van der Waals surface area contributed by atoms with Gasteiger partial charge in [-0.15, -0.1) is 6.58 Å². The maximum absolute atomic E-state index is 15.0. The summed E-state index contributed by atoms with van der Waals surface area (Å²) in [5, 5.41) is 8.40. The lowest BCUT2D eigenvalue weighted by atomic mass is 9.73. The maximum Gasteiger partial charge on any atom is 0.252 e. The molecule has 1 N–H and O–H groups in total. The zero-order valence-corrected chi connectivity index (χ0v) is 30.1. The van der Waals surface area contributed by atoms with Crippen LogP contribution in [0.5, 0.6) is 5.75 Å². The summed E-state index contributed by atoms with van der Waals surface area (Å²) in [6, 6.07) is 29.4. The van der Waals surface area contributed by atoms with E-state index >= 15 is 4.79 Å². The molecule has 49 heavy (non-hydrogen) atoms. The lowest BCUT2D eigenvalue weighted by molar-refractivity contribution is 0.00171. The van der Waals surface area contributed by atoms with E-state index < -0.39 is 7.92 Å². The van der Waals surface area contributed by atoms with Crippen LogP contribution < -0.4 is 26.0 Å². The van der Waals surface area contributed by atoms with Gasteiger partial charge in [0.15, 0.2) is 0 Å². The summed E-state index contributed by atoms with van der Waals surface area (Å²) in [5.41, 5.74) is 7.72. The molecule has 3 saturated heterocycles. The summed E-state index contributed by atoms with van der Waals surface area (Å²) in [7, 11) is 0.660. The first kappa shape index (κ1) is 33.2. The van der Waals surface area contributed by atoms with E-state index in [4.69, 9.17) is 9.72 Å². The van der Waals surface area contributed by atoms with Gasteiger partial charge in [0.1, 0.15) is 5.75 Å². The fourth-order valence-corrected chi connectivity index (χ4v) is 11.5. The number of benzene rings is 4. The number of methoxy groups -OCH3 is 1. The number of aromatic nitrogens is 1. The number of nitrogens with one attached hydrogen (secondary N) is 1. The minimum atomic E-state index is -1.03. The van der Waals surface area contributed by atoms with E-state index in [0.717, 1.165) is 59.0 Å². The van der Waals surface area contributed by atoms with Gasteiger partial charge in [0, 0.05) is 29.7 Å². The van der Waals surface area contributed by atoms with Gasteiger partial charge < -0.3 is 10.1 Å². The molecule has 0 aliphatic carbocycles. The normalized spacial score (nSPS) is 20.7. The molecule has 0 spiro atoms. The first-order valence-corrected chi connectivity index (χ1v) is 18.7. The molecule has 3 aliphatic rings. The van der Waals surface area contributed by atoms with E-state index in [2.05, 4.69) is 111 Å². The number of ether oxygens (including phenoxy) is 1. The molecule has 1 amide bonds. The van der Waals surface area contributed by atoms with E-state index in [9.17, 15) is 0 Å². The van der Waals surface area contributed by atoms with Crippen LogP contribution in [-0.2, 0) is 0 Å². The van der Waals surface area contributed by atoms with Crippen LogP contribution >= 0.6 is 7.92 Å². The highest BCUT2D eigenvalue weighted by Crippen LogP contribution is 2.43. The fraction of sp³-hybridized carbons (Fsp3) is 0.302. The van der Waals surface area contributed by atoms with Gasteiger partial charge in [-0.25, -0.2) is 0 Å². The van der Waals surface area contributed by atoms with Crippen LogP contribution in [0.2, 0.25) is 0 Å². The smallest absolute Gasteiger partial charge is 0.252 e. The number of hydrogen-bond donors (Lipinski definition) is 1. The van der Waals surface area contributed by atoms with Gasteiger partial charge in [0.2, 0.25) is 0 Å². The van der Waals surface area contributed by atoms with Crippen molar-refractivity contribution in [2.75, 3.05) is 20.2 Å². The quantitative estimate of drug-likeness (QED) is 0.130. The SMILES string of the molecule is C=C[C@H]1CN2CC[C@H]1C[C@H]2[C@@H](NC(=O)c1ccccc1P(c1c(C)cccc1C)c1c(C)cccc1C)c1ccnc2ccc(OC)cc12. The van der Waals surface area contributed by atoms with Crippen LogP contribution in [0.4, 0.5) is 0 Å². The van der Waals surface area contributed by atoms with Crippen molar-refractivity contribution in [1.82, 2.24) is 15.2 Å². The van der Waals surface area contributed by atoms with Crippen molar-refractivity contribution < 1.29 is 9.53 Å². The number of hydrogen-bond acceptors (Lipinski definition) is 4. The predicted octanol–water partition coefficient (Wildman–Crippen LogP) is 7.60. The van der Waals surface area contributed by atoms with Crippen LogP contribution in [0.1, 0.15) is 57.1 Å². The Bertz CT molecular complexity index is 1950. The maximum atomic E-state index is 15.0.